The third-order valence-corrected chi connectivity index (χ3v) is 1.94. The molecule has 0 aliphatic carbocycles. The molecule has 74 valence electrons. The second kappa shape index (κ2) is 3.90. The molecule has 2 rings (SSSR count). The first-order valence-electron chi connectivity index (χ1n) is 4.36. The van der Waals surface area contributed by atoms with Gasteiger partial charge in [0.1, 0.15) is 11.6 Å². The molecule has 0 saturated carbocycles. The van der Waals surface area contributed by atoms with Gasteiger partial charge in [-0.3, -0.25) is 0 Å². The molecule has 15 heavy (non-hydrogen) atoms. The Labute approximate surface area is 86.4 Å². The molecule has 1 aromatic rings. The molecule has 2 N–H and O–H groups in total. The van der Waals surface area contributed by atoms with Gasteiger partial charge in [0, 0.05) is 5.69 Å². The van der Waals surface area contributed by atoms with Crippen LogP contribution in [0.3, 0.4) is 0 Å². The van der Waals surface area contributed by atoms with Gasteiger partial charge in [0.25, 0.3) is 0 Å². The van der Waals surface area contributed by atoms with E-state index in [9.17, 15) is 5.11 Å². The molecule has 5 heteroatoms. The summed E-state index contributed by atoms with van der Waals surface area (Å²) >= 11 is 0. The fraction of sp³-hybridized carbons (Fsp3) is 0.100. The van der Waals surface area contributed by atoms with E-state index < -0.39 is 6.23 Å². The van der Waals surface area contributed by atoms with E-state index in [4.69, 9.17) is 5.26 Å². The fourth-order valence-electron chi connectivity index (χ4n) is 1.21. The van der Waals surface area contributed by atoms with Crippen LogP contribution in [0.1, 0.15) is 0 Å². The van der Waals surface area contributed by atoms with Gasteiger partial charge in [-0.05, 0) is 12.1 Å². The van der Waals surface area contributed by atoms with Gasteiger partial charge in [0.2, 0.25) is 6.23 Å². The molecular formula is C10H8N4O. The van der Waals surface area contributed by atoms with Gasteiger partial charge in [0.15, 0.2) is 5.82 Å². The number of aliphatic hydroxyl groups is 1. The summed E-state index contributed by atoms with van der Waals surface area (Å²) < 4.78 is 0. The lowest BCUT2D eigenvalue weighted by Gasteiger charge is -2.03. The maximum absolute atomic E-state index is 9.26. The molecule has 1 unspecified atom stereocenters. The molecule has 1 atom stereocenters. The van der Waals surface area contributed by atoms with Gasteiger partial charge in [-0.15, -0.1) is 10.2 Å². The minimum Gasteiger partial charge on any atom is -0.366 e. The van der Waals surface area contributed by atoms with Gasteiger partial charge in [-0.1, -0.05) is 18.2 Å². The molecule has 0 aromatic heterocycles. The smallest absolute Gasteiger partial charge is 0.205 e. The van der Waals surface area contributed by atoms with Crippen LogP contribution in [0.2, 0.25) is 0 Å². The van der Waals surface area contributed by atoms with Crippen molar-refractivity contribution in [3.05, 3.63) is 41.7 Å². The molecule has 1 heterocycles. The lowest BCUT2D eigenvalue weighted by molar-refractivity contribution is 0.224. The Morgan fingerprint density at radius 3 is 2.73 bits per heavy atom. The van der Waals surface area contributed by atoms with Gasteiger partial charge in [-0.2, -0.15) is 5.26 Å². The van der Waals surface area contributed by atoms with Crippen LogP contribution in [0.25, 0.3) is 0 Å². The van der Waals surface area contributed by atoms with Crippen LogP contribution < -0.4 is 5.32 Å². The van der Waals surface area contributed by atoms with E-state index in [2.05, 4.69) is 15.5 Å². The zero-order valence-electron chi connectivity index (χ0n) is 7.75. The van der Waals surface area contributed by atoms with Crippen molar-refractivity contribution in [3.8, 4) is 6.07 Å². The Morgan fingerprint density at radius 1 is 1.33 bits per heavy atom. The van der Waals surface area contributed by atoms with Crippen LogP contribution in [0.15, 0.2) is 52.0 Å². The number of nitriles is 1. The summed E-state index contributed by atoms with van der Waals surface area (Å²) in [5.74, 6) is 0.302. The van der Waals surface area contributed by atoms with Gasteiger partial charge < -0.3 is 10.4 Å². The maximum Gasteiger partial charge on any atom is 0.205 e. The predicted octanol–water partition coefficient (Wildman–Crippen LogP) is 1.62. The van der Waals surface area contributed by atoms with Crippen molar-refractivity contribution in [2.24, 2.45) is 10.2 Å². The van der Waals surface area contributed by atoms with E-state index in [1.165, 1.54) is 0 Å². The summed E-state index contributed by atoms with van der Waals surface area (Å²) in [6.07, 6.45) is -1.14. The van der Waals surface area contributed by atoms with Crippen molar-refractivity contribution < 1.29 is 5.11 Å². The summed E-state index contributed by atoms with van der Waals surface area (Å²) in [5.41, 5.74) is 0.937. The van der Waals surface area contributed by atoms with Crippen LogP contribution in [0.5, 0.6) is 0 Å². The Balaban J connectivity index is 2.24. The highest BCUT2D eigenvalue weighted by molar-refractivity contribution is 5.51. The summed E-state index contributed by atoms with van der Waals surface area (Å²) in [6.45, 7) is 0. The lowest BCUT2D eigenvalue weighted by atomic mass is 10.2. The zero-order chi connectivity index (χ0) is 10.7. The van der Waals surface area contributed by atoms with Gasteiger partial charge in [-0.25, -0.2) is 0 Å². The van der Waals surface area contributed by atoms with Crippen molar-refractivity contribution in [2.75, 3.05) is 5.32 Å². The fourth-order valence-corrected chi connectivity index (χ4v) is 1.21. The monoisotopic (exact) mass is 200 g/mol. The molecule has 0 amide bonds. The number of para-hydroxylation sites is 1. The number of benzene rings is 1. The highest BCUT2D eigenvalue weighted by atomic mass is 16.3. The number of aliphatic hydroxyl groups excluding tert-OH is 1. The third-order valence-electron chi connectivity index (χ3n) is 1.94. The van der Waals surface area contributed by atoms with E-state index in [0.29, 0.717) is 5.82 Å². The van der Waals surface area contributed by atoms with Gasteiger partial charge in [0.05, 0.1) is 0 Å². The summed E-state index contributed by atoms with van der Waals surface area (Å²) in [4.78, 5) is 0. The normalized spacial score (nSPS) is 19.1. The van der Waals surface area contributed by atoms with Crippen molar-refractivity contribution in [1.82, 2.24) is 0 Å². The minimum absolute atomic E-state index is 0.138. The van der Waals surface area contributed by atoms with Crippen molar-refractivity contribution in [1.29, 1.82) is 5.26 Å². The van der Waals surface area contributed by atoms with Crippen LogP contribution in [0.4, 0.5) is 5.69 Å². The average molecular weight is 200 g/mol. The van der Waals surface area contributed by atoms with E-state index in [-0.39, 0.29) is 5.57 Å². The summed E-state index contributed by atoms with van der Waals surface area (Å²) in [6, 6.07) is 11.1. The first-order chi connectivity index (χ1) is 7.31. The van der Waals surface area contributed by atoms with E-state index >= 15 is 0 Å². The standard InChI is InChI=1S/C10H8N4O/c11-6-8-9(13-14-10(8)15)12-7-4-2-1-3-5-7/h1-5,10,12,15H. The average Bonchev–Trinajstić information content (AvgIpc) is 2.61. The van der Waals surface area contributed by atoms with Crippen molar-refractivity contribution in [2.45, 2.75) is 6.23 Å². The Morgan fingerprint density at radius 2 is 2.07 bits per heavy atom. The minimum atomic E-state index is -1.14. The van der Waals surface area contributed by atoms with Crippen LogP contribution in [-0.4, -0.2) is 11.3 Å². The number of hydrogen-bond acceptors (Lipinski definition) is 5. The van der Waals surface area contributed by atoms with Crippen molar-refractivity contribution in [3.63, 3.8) is 0 Å². The Bertz CT molecular complexity index is 458. The molecule has 0 bridgehead atoms. The molecule has 1 aliphatic rings. The SMILES string of the molecule is N#CC1=C(Nc2ccccc2)N=NC1O. The first-order valence-corrected chi connectivity index (χ1v) is 4.36. The number of anilines is 1. The third kappa shape index (κ3) is 1.85. The largest absolute Gasteiger partial charge is 0.366 e. The number of hydrogen-bond donors (Lipinski definition) is 2. The molecule has 5 nitrogen and oxygen atoms in total. The zero-order valence-corrected chi connectivity index (χ0v) is 7.75. The maximum atomic E-state index is 9.26. The predicted molar refractivity (Wildman–Crippen MR) is 53.6 cm³/mol. The van der Waals surface area contributed by atoms with Crippen LogP contribution >= 0.6 is 0 Å². The van der Waals surface area contributed by atoms with Crippen molar-refractivity contribution >= 4 is 5.69 Å². The van der Waals surface area contributed by atoms with Crippen LogP contribution in [-0.2, 0) is 0 Å². The highest BCUT2D eigenvalue weighted by Crippen LogP contribution is 2.21. The summed E-state index contributed by atoms with van der Waals surface area (Å²) in [7, 11) is 0. The number of azo groups is 1. The Kier molecular flexibility index (Phi) is 2.44. The number of nitrogens with one attached hydrogen (secondary N) is 1. The molecule has 1 aromatic carbocycles. The highest BCUT2D eigenvalue weighted by Gasteiger charge is 2.21. The molecule has 0 saturated heterocycles. The topological polar surface area (TPSA) is 80.8 Å². The number of nitrogens with zero attached hydrogens (tertiary/aromatic N) is 3. The summed E-state index contributed by atoms with van der Waals surface area (Å²) in [5, 5.41) is 28.1. The lowest BCUT2D eigenvalue weighted by Crippen LogP contribution is -2.05. The second-order valence-corrected chi connectivity index (χ2v) is 2.95. The molecule has 1 aliphatic heterocycles. The van der Waals surface area contributed by atoms with E-state index in [1.807, 2.05) is 36.4 Å². The molecule has 0 radical (unpaired) electrons. The van der Waals surface area contributed by atoms with Crippen LogP contribution in [0, 0.1) is 11.3 Å². The van der Waals surface area contributed by atoms with E-state index in [0.717, 1.165) is 5.69 Å². The second-order valence-electron chi connectivity index (χ2n) is 2.95. The molecule has 0 spiro atoms. The van der Waals surface area contributed by atoms with E-state index in [1.54, 1.807) is 0 Å². The van der Waals surface area contributed by atoms with Gasteiger partial charge >= 0.3 is 0 Å². The molecule has 0 fully saturated rings. The quantitative estimate of drug-likeness (QED) is 0.761. The number of rotatable bonds is 2. The molecular weight excluding hydrogens is 192 g/mol. The Hall–Kier alpha value is -2.19. The first kappa shape index (κ1) is 9.37.